The Hall–Kier alpha value is -2.79. The van der Waals surface area contributed by atoms with E-state index in [1.54, 1.807) is 6.92 Å². The molecule has 0 saturated heterocycles. The van der Waals surface area contributed by atoms with Gasteiger partial charge in [-0.1, -0.05) is 30.3 Å². The van der Waals surface area contributed by atoms with E-state index in [-0.39, 0.29) is 12.0 Å². The van der Waals surface area contributed by atoms with E-state index < -0.39 is 5.91 Å². The molecule has 146 valence electrons. The normalized spacial score (nSPS) is 19.6. The second kappa shape index (κ2) is 7.68. The summed E-state index contributed by atoms with van der Waals surface area (Å²) in [6, 6.07) is 14.1. The van der Waals surface area contributed by atoms with Gasteiger partial charge in [0.05, 0.1) is 5.56 Å². The van der Waals surface area contributed by atoms with E-state index in [1.165, 1.54) is 0 Å². The second-order valence-corrected chi connectivity index (χ2v) is 7.63. The van der Waals surface area contributed by atoms with Crippen molar-refractivity contribution in [3.63, 3.8) is 0 Å². The number of primary amides is 1. The first-order valence-corrected chi connectivity index (χ1v) is 9.82. The van der Waals surface area contributed by atoms with Gasteiger partial charge in [0.25, 0.3) is 5.91 Å². The zero-order valence-electron chi connectivity index (χ0n) is 16.1. The average molecular weight is 378 g/mol. The number of carbonyl (C=O) groups is 1. The molecular formula is C23H26N2O3. The van der Waals surface area contributed by atoms with Gasteiger partial charge in [-0.2, -0.15) is 0 Å². The van der Waals surface area contributed by atoms with Gasteiger partial charge in [0.1, 0.15) is 23.7 Å². The third kappa shape index (κ3) is 3.50. The van der Waals surface area contributed by atoms with E-state index in [9.17, 15) is 4.79 Å². The summed E-state index contributed by atoms with van der Waals surface area (Å²) < 4.78 is 12.1. The fourth-order valence-corrected chi connectivity index (χ4v) is 4.29. The predicted molar refractivity (Wildman–Crippen MR) is 109 cm³/mol. The molecule has 1 heterocycles. The quantitative estimate of drug-likeness (QED) is 0.688. The first-order chi connectivity index (χ1) is 13.5. The fraction of sp³-hybridized carbons (Fsp3) is 0.348. The van der Waals surface area contributed by atoms with Gasteiger partial charge in [0.15, 0.2) is 0 Å². The smallest absolute Gasteiger partial charge is 0.252 e. The highest BCUT2D eigenvalue weighted by Gasteiger charge is 2.29. The van der Waals surface area contributed by atoms with Crippen LogP contribution < -0.4 is 16.2 Å². The average Bonchev–Trinajstić information content (AvgIpc) is 3.03. The van der Waals surface area contributed by atoms with Crippen LogP contribution >= 0.6 is 0 Å². The zero-order valence-corrected chi connectivity index (χ0v) is 16.1. The van der Waals surface area contributed by atoms with Gasteiger partial charge in [-0.3, -0.25) is 4.79 Å². The van der Waals surface area contributed by atoms with Gasteiger partial charge in [0.2, 0.25) is 0 Å². The van der Waals surface area contributed by atoms with E-state index >= 15 is 0 Å². The molecule has 5 nitrogen and oxygen atoms in total. The number of nitrogens with two attached hydrogens (primary N) is 2. The summed E-state index contributed by atoms with van der Waals surface area (Å²) >= 11 is 0. The molecule has 1 fully saturated rings. The first kappa shape index (κ1) is 18.6. The molecule has 2 aromatic carbocycles. The van der Waals surface area contributed by atoms with Gasteiger partial charge in [-0.25, -0.2) is 0 Å². The van der Waals surface area contributed by atoms with Crippen molar-refractivity contribution >= 4 is 16.9 Å². The van der Waals surface area contributed by atoms with Gasteiger partial charge in [-0.05, 0) is 56.2 Å². The topological polar surface area (TPSA) is 91.5 Å². The van der Waals surface area contributed by atoms with E-state index in [0.29, 0.717) is 23.5 Å². The molecule has 1 amide bonds. The Bertz CT molecular complexity index is 986. The Kier molecular flexibility index (Phi) is 5.09. The van der Waals surface area contributed by atoms with Crippen molar-refractivity contribution in [2.75, 3.05) is 0 Å². The number of ether oxygens (including phenoxy) is 1. The summed E-state index contributed by atoms with van der Waals surface area (Å²) in [6.07, 6.45) is 3.85. The van der Waals surface area contributed by atoms with Crippen LogP contribution in [0.2, 0.25) is 0 Å². The Morgan fingerprint density at radius 3 is 2.50 bits per heavy atom. The summed E-state index contributed by atoms with van der Waals surface area (Å²) in [4.78, 5) is 12.2. The fourth-order valence-electron chi connectivity index (χ4n) is 4.29. The molecule has 0 unspecified atom stereocenters. The van der Waals surface area contributed by atoms with E-state index in [0.717, 1.165) is 47.9 Å². The van der Waals surface area contributed by atoms with Crippen molar-refractivity contribution in [1.29, 1.82) is 0 Å². The second-order valence-electron chi connectivity index (χ2n) is 7.63. The Morgan fingerprint density at radius 1 is 1.11 bits per heavy atom. The molecule has 1 aromatic heterocycles. The maximum Gasteiger partial charge on any atom is 0.252 e. The van der Waals surface area contributed by atoms with E-state index in [1.807, 2.05) is 42.5 Å². The van der Waals surface area contributed by atoms with Crippen LogP contribution in [0.1, 0.15) is 58.8 Å². The van der Waals surface area contributed by atoms with Crippen molar-refractivity contribution in [1.82, 2.24) is 0 Å². The third-order valence-electron chi connectivity index (χ3n) is 5.70. The molecule has 0 radical (unpaired) electrons. The number of rotatable bonds is 5. The number of furan rings is 1. The SMILES string of the molecule is Cc1oc2ccc(OCc3ccccc3)c(C3CCC(N)CC3)c2c1C(N)=O. The maximum absolute atomic E-state index is 12.2. The number of hydrogen-bond donors (Lipinski definition) is 2. The Labute approximate surface area is 164 Å². The lowest BCUT2D eigenvalue weighted by Crippen LogP contribution is -2.26. The Balaban J connectivity index is 1.80. The first-order valence-electron chi connectivity index (χ1n) is 9.82. The molecule has 0 aliphatic heterocycles. The molecule has 3 aromatic rings. The van der Waals surface area contributed by atoms with Crippen molar-refractivity contribution in [3.05, 3.63) is 64.9 Å². The highest BCUT2D eigenvalue weighted by Crippen LogP contribution is 2.44. The molecule has 5 heteroatoms. The lowest BCUT2D eigenvalue weighted by atomic mass is 9.80. The minimum Gasteiger partial charge on any atom is -0.489 e. The van der Waals surface area contributed by atoms with Crippen LogP contribution in [-0.4, -0.2) is 11.9 Å². The summed E-state index contributed by atoms with van der Waals surface area (Å²) in [7, 11) is 0. The summed E-state index contributed by atoms with van der Waals surface area (Å²) in [5, 5.41) is 0.802. The molecule has 4 rings (SSSR count). The maximum atomic E-state index is 12.2. The van der Waals surface area contributed by atoms with Crippen LogP contribution in [0.4, 0.5) is 0 Å². The molecule has 1 saturated carbocycles. The van der Waals surface area contributed by atoms with Crippen LogP contribution in [0.3, 0.4) is 0 Å². The van der Waals surface area contributed by atoms with Crippen LogP contribution in [0.15, 0.2) is 46.9 Å². The van der Waals surface area contributed by atoms with Gasteiger partial charge in [0, 0.05) is 17.0 Å². The molecule has 28 heavy (non-hydrogen) atoms. The highest BCUT2D eigenvalue weighted by molar-refractivity contribution is 6.08. The number of aryl methyl sites for hydroxylation is 1. The van der Waals surface area contributed by atoms with Gasteiger partial charge in [-0.15, -0.1) is 0 Å². The summed E-state index contributed by atoms with van der Waals surface area (Å²) in [5.74, 6) is 1.14. The third-order valence-corrected chi connectivity index (χ3v) is 5.70. The van der Waals surface area contributed by atoms with E-state index in [2.05, 4.69) is 0 Å². The monoisotopic (exact) mass is 378 g/mol. The molecule has 4 N–H and O–H groups in total. The van der Waals surface area contributed by atoms with Crippen LogP contribution in [0.25, 0.3) is 11.0 Å². The molecule has 0 atom stereocenters. The minimum atomic E-state index is -0.467. The predicted octanol–water partition coefficient (Wildman–Crippen LogP) is 4.40. The van der Waals surface area contributed by atoms with Gasteiger partial charge >= 0.3 is 0 Å². The van der Waals surface area contributed by atoms with Crippen molar-refractivity contribution < 1.29 is 13.9 Å². The standard InChI is InChI=1S/C23H26N2O3/c1-14-20(23(25)26)22-19(28-14)12-11-18(27-13-15-5-3-2-4-6-15)21(22)16-7-9-17(24)10-8-16/h2-6,11-12,16-17H,7-10,13,24H2,1H3,(H2,25,26). The van der Waals surface area contributed by atoms with Crippen molar-refractivity contribution in [2.24, 2.45) is 11.5 Å². The minimum absolute atomic E-state index is 0.242. The number of carbonyl (C=O) groups excluding carboxylic acids is 1. The van der Waals surface area contributed by atoms with Crippen LogP contribution in [0, 0.1) is 6.92 Å². The number of hydrogen-bond acceptors (Lipinski definition) is 4. The lowest BCUT2D eigenvalue weighted by molar-refractivity contribution is 0.1000. The number of benzene rings is 2. The summed E-state index contributed by atoms with van der Waals surface area (Å²) in [6.45, 7) is 2.25. The van der Waals surface area contributed by atoms with Crippen molar-refractivity contribution in [3.8, 4) is 5.75 Å². The van der Waals surface area contributed by atoms with E-state index in [4.69, 9.17) is 20.6 Å². The summed E-state index contributed by atoms with van der Waals surface area (Å²) in [5.41, 5.74) is 15.1. The molecule has 0 spiro atoms. The Morgan fingerprint density at radius 2 is 1.82 bits per heavy atom. The van der Waals surface area contributed by atoms with Gasteiger partial charge < -0.3 is 20.6 Å². The van der Waals surface area contributed by atoms with Crippen molar-refractivity contribution in [2.45, 2.75) is 51.2 Å². The largest absolute Gasteiger partial charge is 0.489 e. The van der Waals surface area contributed by atoms with Crippen LogP contribution in [0.5, 0.6) is 5.75 Å². The highest BCUT2D eigenvalue weighted by atomic mass is 16.5. The molecule has 1 aliphatic carbocycles. The molecule has 1 aliphatic rings. The lowest BCUT2D eigenvalue weighted by Gasteiger charge is -2.28. The molecular weight excluding hydrogens is 352 g/mol. The zero-order chi connectivity index (χ0) is 19.7. The number of amides is 1. The van der Waals surface area contributed by atoms with Crippen LogP contribution in [-0.2, 0) is 6.61 Å². The number of fused-ring (bicyclic) bond motifs is 1. The molecule has 0 bridgehead atoms.